The highest BCUT2D eigenvalue weighted by molar-refractivity contribution is 5.85. The Morgan fingerprint density at radius 3 is 2.58 bits per heavy atom. The molecule has 1 aromatic rings. The Morgan fingerprint density at radius 2 is 1.92 bits per heavy atom. The normalized spacial score (nSPS) is 14.2. The lowest BCUT2D eigenvalue weighted by atomic mass is 10.1. The fraction of sp³-hybridized carbons (Fsp3) is 0.125. The highest BCUT2D eigenvalue weighted by Crippen LogP contribution is 2.03. The Morgan fingerprint density at radius 1 is 1.08 bits per heavy atom. The molecule has 12 heavy (non-hydrogen) atoms. The Hall–Kier alpha value is -1.71. The van der Waals surface area contributed by atoms with Crippen LogP contribution in [-0.4, -0.2) is 5.84 Å². The minimum absolute atomic E-state index is 0.668. The van der Waals surface area contributed by atoms with Crippen LogP contribution in [0, 0.1) is 0 Å². The van der Waals surface area contributed by atoms with Crippen LogP contribution in [0.5, 0.6) is 0 Å². The summed E-state index contributed by atoms with van der Waals surface area (Å²) in [6.45, 7) is 0. The molecule has 4 heteroatoms. The summed E-state index contributed by atoms with van der Waals surface area (Å²) in [4.78, 5) is 0. The van der Waals surface area contributed by atoms with Crippen LogP contribution >= 0.6 is 0 Å². The van der Waals surface area contributed by atoms with Crippen molar-refractivity contribution in [3.8, 4) is 0 Å². The minimum atomic E-state index is 0.668. The molecule has 0 saturated heterocycles. The zero-order chi connectivity index (χ0) is 8.23. The van der Waals surface area contributed by atoms with Gasteiger partial charge in [0.05, 0.1) is 0 Å². The van der Waals surface area contributed by atoms with E-state index in [-0.39, 0.29) is 0 Å². The van der Waals surface area contributed by atoms with Crippen molar-refractivity contribution < 1.29 is 0 Å². The summed E-state index contributed by atoms with van der Waals surface area (Å²) in [5.41, 5.74) is 4.58. The third kappa shape index (κ3) is 1.47. The van der Waals surface area contributed by atoms with Crippen LogP contribution in [-0.2, 0) is 6.42 Å². The van der Waals surface area contributed by atoms with Gasteiger partial charge in [0.25, 0.3) is 0 Å². The Kier molecular flexibility index (Phi) is 1.82. The van der Waals surface area contributed by atoms with E-state index in [0.29, 0.717) is 12.3 Å². The van der Waals surface area contributed by atoms with E-state index >= 15 is 0 Å². The molecule has 0 aliphatic carbocycles. The first-order valence-electron chi connectivity index (χ1n) is 3.67. The predicted octanol–water partition coefficient (Wildman–Crippen LogP) is 1.53. The summed E-state index contributed by atoms with van der Waals surface area (Å²) in [6, 6.07) is 10.00. The van der Waals surface area contributed by atoms with Crippen LogP contribution in [0.25, 0.3) is 0 Å². The van der Waals surface area contributed by atoms with Crippen molar-refractivity contribution in [3.63, 3.8) is 0 Å². The van der Waals surface area contributed by atoms with Gasteiger partial charge in [0.2, 0.25) is 0 Å². The predicted molar refractivity (Wildman–Crippen MR) is 44.6 cm³/mol. The molecule has 0 fully saturated rings. The molecule has 1 aliphatic heterocycles. The largest absolute Gasteiger partial charge is 0.181 e. The molecule has 0 bridgehead atoms. The summed E-state index contributed by atoms with van der Waals surface area (Å²) < 4.78 is 0. The second kappa shape index (κ2) is 3.13. The molecule has 0 N–H and O–H groups in total. The third-order valence-corrected chi connectivity index (χ3v) is 1.57. The molecule has 0 saturated carbocycles. The van der Waals surface area contributed by atoms with Gasteiger partial charge in [0.15, 0.2) is 5.84 Å². The first-order chi connectivity index (χ1) is 5.95. The van der Waals surface area contributed by atoms with Crippen molar-refractivity contribution in [1.29, 1.82) is 0 Å². The number of nitrogens with zero attached hydrogens (tertiary/aromatic N) is 4. The Balaban J connectivity index is 2.09. The fourth-order valence-corrected chi connectivity index (χ4v) is 1.01. The molecule has 1 aliphatic rings. The molecule has 0 atom stereocenters. The summed E-state index contributed by atoms with van der Waals surface area (Å²) in [6.07, 6.45) is 0.702. The standard InChI is InChI=1S/C8H7N4/c1-2-4-7(5-3-1)6-8-9-11-12-10-8/h1-5H,6H2. The Bertz CT molecular complexity index is 315. The van der Waals surface area contributed by atoms with E-state index < -0.39 is 0 Å². The molecule has 59 valence electrons. The van der Waals surface area contributed by atoms with E-state index in [1.165, 1.54) is 5.56 Å². The Labute approximate surface area is 70.0 Å². The molecule has 4 nitrogen and oxygen atoms in total. The average molecular weight is 159 g/mol. The van der Waals surface area contributed by atoms with Crippen LogP contribution in [0.3, 0.4) is 0 Å². The number of benzene rings is 1. The molecule has 0 amide bonds. The lowest BCUT2D eigenvalue weighted by molar-refractivity contribution is 0.780. The maximum Gasteiger partial charge on any atom is 0.181 e. The van der Waals surface area contributed by atoms with Crippen molar-refractivity contribution in [1.82, 2.24) is 5.53 Å². The maximum absolute atomic E-state index is 3.74. The number of rotatable bonds is 2. The lowest BCUT2D eigenvalue weighted by Gasteiger charge is -1.94. The van der Waals surface area contributed by atoms with Crippen LogP contribution in [0.2, 0.25) is 0 Å². The monoisotopic (exact) mass is 159 g/mol. The lowest BCUT2D eigenvalue weighted by Crippen LogP contribution is -1.96. The van der Waals surface area contributed by atoms with E-state index in [0.717, 1.165) is 0 Å². The van der Waals surface area contributed by atoms with Crippen molar-refractivity contribution in [3.05, 3.63) is 35.9 Å². The fourth-order valence-electron chi connectivity index (χ4n) is 1.01. The molecule has 1 aromatic carbocycles. The molecule has 0 aromatic heterocycles. The number of hydrogen-bond donors (Lipinski definition) is 0. The second-order valence-corrected chi connectivity index (χ2v) is 2.46. The van der Waals surface area contributed by atoms with Gasteiger partial charge in [-0.1, -0.05) is 30.3 Å². The third-order valence-electron chi connectivity index (χ3n) is 1.57. The summed E-state index contributed by atoms with van der Waals surface area (Å²) in [5, 5.41) is 10.9. The van der Waals surface area contributed by atoms with Gasteiger partial charge in [-0.05, 0) is 16.3 Å². The zero-order valence-corrected chi connectivity index (χ0v) is 6.38. The van der Waals surface area contributed by atoms with E-state index in [1.54, 1.807) is 0 Å². The quantitative estimate of drug-likeness (QED) is 0.628. The molecular weight excluding hydrogens is 152 g/mol. The van der Waals surface area contributed by atoms with Crippen LogP contribution in [0.4, 0.5) is 0 Å². The van der Waals surface area contributed by atoms with Crippen LogP contribution < -0.4 is 5.53 Å². The zero-order valence-electron chi connectivity index (χ0n) is 6.38. The molecule has 0 unspecified atom stereocenters. The summed E-state index contributed by atoms with van der Waals surface area (Å²) >= 11 is 0. The van der Waals surface area contributed by atoms with Gasteiger partial charge in [-0.25, -0.2) is 0 Å². The van der Waals surface area contributed by atoms with Crippen LogP contribution in [0.1, 0.15) is 5.56 Å². The topological polar surface area (TPSA) is 51.2 Å². The van der Waals surface area contributed by atoms with E-state index in [1.807, 2.05) is 30.3 Å². The van der Waals surface area contributed by atoms with Gasteiger partial charge < -0.3 is 0 Å². The van der Waals surface area contributed by atoms with Crippen molar-refractivity contribution >= 4 is 5.84 Å². The number of hydrogen-bond acceptors (Lipinski definition) is 3. The van der Waals surface area contributed by atoms with Crippen LogP contribution in [0.15, 0.2) is 45.8 Å². The number of amidine groups is 1. The van der Waals surface area contributed by atoms with Crippen molar-refractivity contribution in [2.75, 3.05) is 0 Å². The summed E-state index contributed by atoms with van der Waals surface area (Å²) in [5.74, 6) is 0.668. The molecule has 1 heterocycles. The SMILES string of the molecule is c1ccc(CC2=N[N]N=N2)cc1. The van der Waals surface area contributed by atoms with Crippen molar-refractivity contribution in [2.24, 2.45) is 15.4 Å². The van der Waals surface area contributed by atoms with Gasteiger partial charge in [-0.15, -0.1) is 10.2 Å². The smallest absolute Gasteiger partial charge is 0.111 e. The van der Waals surface area contributed by atoms with Gasteiger partial charge >= 0.3 is 0 Å². The molecular formula is C8H7N4. The van der Waals surface area contributed by atoms with Crippen molar-refractivity contribution in [2.45, 2.75) is 6.42 Å². The molecule has 2 rings (SSSR count). The molecule has 1 radical (unpaired) electrons. The van der Waals surface area contributed by atoms with E-state index in [4.69, 9.17) is 0 Å². The first-order valence-corrected chi connectivity index (χ1v) is 3.67. The first kappa shape index (κ1) is 6.97. The maximum atomic E-state index is 3.74. The van der Waals surface area contributed by atoms with E-state index in [2.05, 4.69) is 21.0 Å². The van der Waals surface area contributed by atoms with Gasteiger partial charge in [-0.3, -0.25) is 0 Å². The average Bonchev–Trinajstić information content (AvgIpc) is 2.59. The summed E-state index contributed by atoms with van der Waals surface area (Å²) in [7, 11) is 0. The van der Waals surface area contributed by atoms with Gasteiger partial charge in [-0.2, -0.15) is 0 Å². The van der Waals surface area contributed by atoms with E-state index in [9.17, 15) is 0 Å². The molecule has 0 spiro atoms. The highest BCUT2D eigenvalue weighted by atomic mass is 15.6. The minimum Gasteiger partial charge on any atom is -0.111 e. The van der Waals surface area contributed by atoms with Gasteiger partial charge in [0, 0.05) is 6.42 Å². The van der Waals surface area contributed by atoms with Gasteiger partial charge in [0.1, 0.15) is 0 Å². The second-order valence-electron chi connectivity index (χ2n) is 2.46. The highest BCUT2D eigenvalue weighted by Gasteiger charge is 2.04.